The van der Waals surface area contributed by atoms with E-state index < -0.39 is 0 Å². The van der Waals surface area contributed by atoms with Crippen molar-refractivity contribution < 1.29 is 4.39 Å². The molecule has 2 aromatic carbocycles. The van der Waals surface area contributed by atoms with Gasteiger partial charge in [-0.15, -0.1) is 0 Å². The monoisotopic (exact) mass is 291 g/mol. The summed E-state index contributed by atoms with van der Waals surface area (Å²) in [5.41, 5.74) is 4.06. The molecule has 0 aliphatic heterocycles. The second-order valence-electron chi connectivity index (χ2n) is 4.95. The molecule has 1 N–H and O–H groups in total. The van der Waals surface area contributed by atoms with Gasteiger partial charge in [-0.05, 0) is 55.3 Å². The largest absolute Gasteiger partial charge is 0.306 e. The van der Waals surface area contributed by atoms with Gasteiger partial charge in [0.1, 0.15) is 5.82 Å². The minimum Gasteiger partial charge on any atom is -0.306 e. The van der Waals surface area contributed by atoms with Gasteiger partial charge in [0.2, 0.25) is 0 Å². The lowest BCUT2D eigenvalue weighted by atomic mass is 9.92. The standard InChI is InChI=1S/C17H19ClFN/c1-4-20-17(14-7-5-6-11(2)12(14)3)15-10-13(18)8-9-16(15)19/h5-10,17,20H,4H2,1-3H3. The summed E-state index contributed by atoms with van der Waals surface area (Å²) in [6.45, 7) is 6.90. The van der Waals surface area contributed by atoms with Gasteiger partial charge >= 0.3 is 0 Å². The van der Waals surface area contributed by atoms with Crippen LogP contribution < -0.4 is 5.32 Å². The van der Waals surface area contributed by atoms with Crippen LogP contribution in [0, 0.1) is 19.7 Å². The third-order valence-corrected chi connectivity index (χ3v) is 3.87. The van der Waals surface area contributed by atoms with Crippen molar-refractivity contribution >= 4 is 11.6 Å². The maximum absolute atomic E-state index is 14.2. The van der Waals surface area contributed by atoms with Crippen molar-refractivity contribution in [2.24, 2.45) is 0 Å². The van der Waals surface area contributed by atoms with E-state index in [1.165, 1.54) is 17.2 Å². The van der Waals surface area contributed by atoms with E-state index in [-0.39, 0.29) is 11.9 Å². The molecule has 0 amide bonds. The second kappa shape index (κ2) is 6.38. The molecule has 1 atom stereocenters. The summed E-state index contributed by atoms with van der Waals surface area (Å²) >= 11 is 6.03. The Kier molecular flexibility index (Phi) is 4.79. The molecule has 2 rings (SSSR count). The van der Waals surface area contributed by atoms with Crippen molar-refractivity contribution in [1.82, 2.24) is 5.32 Å². The fraction of sp³-hybridized carbons (Fsp3) is 0.294. The molecule has 0 aromatic heterocycles. The van der Waals surface area contributed by atoms with Crippen molar-refractivity contribution in [2.45, 2.75) is 26.8 Å². The minimum atomic E-state index is -0.235. The van der Waals surface area contributed by atoms with Crippen molar-refractivity contribution in [3.05, 3.63) is 69.5 Å². The van der Waals surface area contributed by atoms with Crippen molar-refractivity contribution in [3.63, 3.8) is 0 Å². The molecule has 20 heavy (non-hydrogen) atoms. The van der Waals surface area contributed by atoms with Gasteiger partial charge in [-0.1, -0.05) is 36.7 Å². The van der Waals surface area contributed by atoms with E-state index in [1.807, 2.05) is 19.1 Å². The molecule has 1 unspecified atom stereocenters. The van der Waals surface area contributed by atoms with Crippen LogP contribution in [0.5, 0.6) is 0 Å². The van der Waals surface area contributed by atoms with E-state index in [9.17, 15) is 4.39 Å². The first kappa shape index (κ1) is 15.0. The normalized spacial score (nSPS) is 12.4. The van der Waals surface area contributed by atoms with Crippen LogP contribution in [0.15, 0.2) is 36.4 Å². The molecule has 0 saturated heterocycles. The molecule has 0 saturated carbocycles. The Bertz CT molecular complexity index is 608. The molecule has 0 aliphatic rings. The van der Waals surface area contributed by atoms with E-state index in [0.29, 0.717) is 10.6 Å². The molecule has 0 spiro atoms. The number of halogens is 2. The van der Waals surface area contributed by atoms with Gasteiger partial charge in [-0.25, -0.2) is 4.39 Å². The quantitative estimate of drug-likeness (QED) is 0.853. The summed E-state index contributed by atoms with van der Waals surface area (Å²) in [4.78, 5) is 0. The topological polar surface area (TPSA) is 12.0 Å². The number of hydrogen-bond acceptors (Lipinski definition) is 1. The molecular formula is C17H19ClFN. The highest BCUT2D eigenvalue weighted by molar-refractivity contribution is 6.30. The predicted molar refractivity (Wildman–Crippen MR) is 82.8 cm³/mol. The molecule has 0 heterocycles. The highest BCUT2D eigenvalue weighted by Gasteiger charge is 2.19. The summed E-state index contributed by atoms with van der Waals surface area (Å²) in [5.74, 6) is -0.235. The molecule has 106 valence electrons. The smallest absolute Gasteiger partial charge is 0.128 e. The SMILES string of the molecule is CCNC(c1cc(Cl)ccc1F)c1cccc(C)c1C. The average molecular weight is 292 g/mol. The van der Waals surface area contributed by atoms with Crippen molar-refractivity contribution in [2.75, 3.05) is 6.54 Å². The summed E-state index contributed by atoms with van der Waals surface area (Å²) in [5, 5.41) is 3.90. The molecule has 1 nitrogen and oxygen atoms in total. The lowest BCUT2D eigenvalue weighted by Gasteiger charge is -2.22. The van der Waals surface area contributed by atoms with Crippen LogP contribution in [0.2, 0.25) is 5.02 Å². The third kappa shape index (κ3) is 3.02. The molecular weight excluding hydrogens is 273 g/mol. The van der Waals surface area contributed by atoms with Crippen molar-refractivity contribution in [3.8, 4) is 0 Å². The first-order valence-electron chi connectivity index (χ1n) is 6.79. The van der Waals surface area contributed by atoms with Crippen LogP contribution >= 0.6 is 11.6 Å². The Labute approximate surface area is 124 Å². The second-order valence-corrected chi connectivity index (χ2v) is 5.38. The average Bonchev–Trinajstić information content (AvgIpc) is 2.43. The van der Waals surface area contributed by atoms with E-state index >= 15 is 0 Å². The third-order valence-electron chi connectivity index (χ3n) is 3.63. The van der Waals surface area contributed by atoms with Crippen LogP contribution in [-0.4, -0.2) is 6.54 Å². The fourth-order valence-corrected chi connectivity index (χ4v) is 2.59. The molecule has 3 heteroatoms. The van der Waals surface area contributed by atoms with Gasteiger partial charge in [0.05, 0.1) is 6.04 Å². The lowest BCUT2D eigenvalue weighted by molar-refractivity contribution is 0.557. The zero-order valence-corrected chi connectivity index (χ0v) is 12.8. The van der Waals surface area contributed by atoms with E-state index in [0.717, 1.165) is 12.1 Å². The van der Waals surface area contributed by atoms with Crippen LogP contribution in [-0.2, 0) is 0 Å². The molecule has 0 bridgehead atoms. The Hall–Kier alpha value is -1.38. The Morgan fingerprint density at radius 3 is 2.60 bits per heavy atom. The Morgan fingerprint density at radius 1 is 1.15 bits per heavy atom. The van der Waals surface area contributed by atoms with Gasteiger partial charge in [-0.3, -0.25) is 0 Å². The summed E-state index contributed by atoms with van der Waals surface area (Å²) in [7, 11) is 0. The van der Waals surface area contributed by atoms with Gasteiger partial charge in [-0.2, -0.15) is 0 Å². The molecule has 2 aromatic rings. The Morgan fingerprint density at radius 2 is 1.90 bits per heavy atom. The van der Waals surface area contributed by atoms with Gasteiger partial charge in [0.15, 0.2) is 0 Å². The highest BCUT2D eigenvalue weighted by atomic mass is 35.5. The van der Waals surface area contributed by atoms with Crippen LogP contribution in [0.4, 0.5) is 4.39 Å². The van der Waals surface area contributed by atoms with E-state index in [1.54, 1.807) is 12.1 Å². The fourth-order valence-electron chi connectivity index (χ4n) is 2.41. The number of aryl methyl sites for hydroxylation is 1. The van der Waals surface area contributed by atoms with E-state index in [2.05, 4.69) is 25.2 Å². The maximum Gasteiger partial charge on any atom is 0.128 e. The number of benzene rings is 2. The number of rotatable bonds is 4. The molecule has 0 radical (unpaired) electrons. The summed E-state index contributed by atoms with van der Waals surface area (Å²) in [6.07, 6.45) is 0. The van der Waals surface area contributed by atoms with E-state index in [4.69, 9.17) is 11.6 Å². The van der Waals surface area contributed by atoms with Crippen LogP contribution in [0.3, 0.4) is 0 Å². The van der Waals surface area contributed by atoms with Gasteiger partial charge in [0, 0.05) is 10.6 Å². The molecule has 0 aliphatic carbocycles. The summed E-state index contributed by atoms with van der Waals surface area (Å²) in [6, 6.07) is 10.6. The minimum absolute atomic E-state index is 0.182. The van der Waals surface area contributed by atoms with Gasteiger partial charge in [0.25, 0.3) is 0 Å². The summed E-state index contributed by atoms with van der Waals surface area (Å²) < 4.78 is 14.2. The van der Waals surface area contributed by atoms with Gasteiger partial charge < -0.3 is 5.32 Å². The first-order valence-corrected chi connectivity index (χ1v) is 7.16. The zero-order chi connectivity index (χ0) is 14.7. The number of hydrogen-bond donors (Lipinski definition) is 1. The zero-order valence-electron chi connectivity index (χ0n) is 12.0. The first-order chi connectivity index (χ1) is 9.54. The predicted octanol–water partition coefficient (Wildman–Crippen LogP) is 4.79. The molecule has 0 fully saturated rings. The highest BCUT2D eigenvalue weighted by Crippen LogP contribution is 2.29. The Balaban J connectivity index is 2.56. The number of nitrogens with one attached hydrogen (secondary N) is 1. The van der Waals surface area contributed by atoms with Crippen LogP contribution in [0.25, 0.3) is 0 Å². The maximum atomic E-state index is 14.2. The van der Waals surface area contributed by atoms with Crippen molar-refractivity contribution in [1.29, 1.82) is 0 Å². The van der Waals surface area contributed by atoms with Crippen LogP contribution in [0.1, 0.15) is 35.2 Å². The lowest BCUT2D eigenvalue weighted by Crippen LogP contribution is -2.24.